The summed E-state index contributed by atoms with van der Waals surface area (Å²) >= 11 is 5.88. The summed E-state index contributed by atoms with van der Waals surface area (Å²) in [4.78, 5) is 12.1. The van der Waals surface area contributed by atoms with Gasteiger partial charge in [0.25, 0.3) is 5.91 Å². The second-order valence-electron chi connectivity index (χ2n) is 4.05. The number of carbonyl (C=O) groups excluding carboxylic acids is 1. The van der Waals surface area contributed by atoms with Gasteiger partial charge in [-0.3, -0.25) is 4.79 Å². The molecule has 0 bridgehead atoms. The van der Waals surface area contributed by atoms with Crippen LogP contribution in [0.3, 0.4) is 0 Å². The highest BCUT2D eigenvalue weighted by Gasteiger charge is 2.15. The number of halogens is 1. The van der Waals surface area contributed by atoms with Crippen LogP contribution in [0.1, 0.15) is 10.4 Å². The predicted octanol–water partition coefficient (Wildman–Crippen LogP) is 2.89. The standard InChI is InChI=1S/C14H13ClN2O3/c1-20-12-4-2-3-9(13(12)18)14(19)17-8-5-6-11(16)10(15)7-8/h2-7,18H,16H2,1H3,(H,17,19). The molecule has 0 aromatic heterocycles. The number of nitrogens with one attached hydrogen (secondary N) is 1. The van der Waals surface area contributed by atoms with Gasteiger partial charge in [0.15, 0.2) is 11.5 Å². The fourth-order valence-corrected chi connectivity index (χ4v) is 1.85. The normalized spacial score (nSPS) is 10.1. The van der Waals surface area contributed by atoms with Gasteiger partial charge in [0.2, 0.25) is 0 Å². The predicted molar refractivity (Wildman–Crippen MR) is 78.5 cm³/mol. The maximum absolute atomic E-state index is 12.1. The molecule has 0 unspecified atom stereocenters. The molecule has 2 rings (SSSR count). The Morgan fingerprint density at radius 3 is 2.75 bits per heavy atom. The summed E-state index contributed by atoms with van der Waals surface area (Å²) in [5.74, 6) is -0.454. The zero-order valence-corrected chi connectivity index (χ0v) is 11.4. The molecule has 0 atom stereocenters. The fourth-order valence-electron chi connectivity index (χ4n) is 1.67. The highest BCUT2D eigenvalue weighted by atomic mass is 35.5. The zero-order valence-electron chi connectivity index (χ0n) is 10.7. The number of para-hydroxylation sites is 1. The molecule has 1 amide bonds. The van der Waals surface area contributed by atoms with E-state index in [-0.39, 0.29) is 17.1 Å². The first-order valence-corrected chi connectivity index (χ1v) is 6.13. The van der Waals surface area contributed by atoms with Crippen molar-refractivity contribution in [3.8, 4) is 11.5 Å². The SMILES string of the molecule is COc1cccc(C(=O)Nc2ccc(N)c(Cl)c2)c1O. The number of anilines is 2. The summed E-state index contributed by atoms with van der Waals surface area (Å²) in [5.41, 5.74) is 6.61. The smallest absolute Gasteiger partial charge is 0.259 e. The maximum atomic E-state index is 12.1. The molecule has 0 aliphatic carbocycles. The van der Waals surface area contributed by atoms with Crippen molar-refractivity contribution in [3.05, 3.63) is 47.0 Å². The molecular weight excluding hydrogens is 280 g/mol. The van der Waals surface area contributed by atoms with Crippen LogP contribution in [-0.2, 0) is 0 Å². The number of phenolic OH excluding ortho intramolecular Hbond substituents is 1. The molecule has 0 heterocycles. The Bertz CT molecular complexity index is 659. The molecule has 20 heavy (non-hydrogen) atoms. The third-order valence-corrected chi connectivity index (χ3v) is 3.05. The van der Waals surface area contributed by atoms with E-state index in [0.717, 1.165) is 0 Å². The summed E-state index contributed by atoms with van der Waals surface area (Å²) in [6.45, 7) is 0. The molecule has 4 N–H and O–H groups in total. The third-order valence-electron chi connectivity index (χ3n) is 2.72. The minimum Gasteiger partial charge on any atom is -0.504 e. The van der Waals surface area contributed by atoms with Gasteiger partial charge in [-0.15, -0.1) is 0 Å². The average molecular weight is 293 g/mol. The topological polar surface area (TPSA) is 84.6 Å². The van der Waals surface area contributed by atoms with Crippen molar-refractivity contribution >= 4 is 28.9 Å². The highest BCUT2D eigenvalue weighted by Crippen LogP contribution is 2.30. The van der Waals surface area contributed by atoms with Gasteiger partial charge in [-0.05, 0) is 30.3 Å². The van der Waals surface area contributed by atoms with E-state index in [1.54, 1.807) is 24.3 Å². The highest BCUT2D eigenvalue weighted by molar-refractivity contribution is 6.33. The monoisotopic (exact) mass is 292 g/mol. The zero-order chi connectivity index (χ0) is 14.7. The summed E-state index contributed by atoms with van der Waals surface area (Å²) in [7, 11) is 1.41. The Kier molecular flexibility index (Phi) is 4.00. The number of methoxy groups -OCH3 is 1. The summed E-state index contributed by atoms with van der Waals surface area (Å²) < 4.78 is 4.95. The van der Waals surface area contributed by atoms with E-state index in [1.807, 2.05) is 0 Å². The largest absolute Gasteiger partial charge is 0.504 e. The van der Waals surface area contributed by atoms with Crippen molar-refractivity contribution < 1.29 is 14.6 Å². The molecule has 5 nitrogen and oxygen atoms in total. The van der Waals surface area contributed by atoms with Crippen LogP contribution >= 0.6 is 11.6 Å². The van der Waals surface area contributed by atoms with Crippen molar-refractivity contribution in [1.82, 2.24) is 0 Å². The molecular formula is C14H13ClN2O3. The van der Waals surface area contributed by atoms with Gasteiger partial charge in [0.05, 0.1) is 23.4 Å². The quantitative estimate of drug-likeness (QED) is 0.759. The summed E-state index contributed by atoms with van der Waals surface area (Å²) in [6.07, 6.45) is 0. The molecule has 0 fully saturated rings. The fraction of sp³-hybridized carbons (Fsp3) is 0.0714. The third kappa shape index (κ3) is 2.78. The van der Waals surface area contributed by atoms with Crippen LogP contribution in [0, 0.1) is 0 Å². The number of amides is 1. The molecule has 6 heteroatoms. The van der Waals surface area contributed by atoms with Crippen molar-refractivity contribution in [3.63, 3.8) is 0 Å². The number of aromatic hydroxyl groups is 1. The van der Waals surface area contributed by atoms with E-state index in [4.69, 9.17) is 22.1 Å². The van der Waals surface area contributed by atoms with Crippen LogP contribution in [-0.4, -0.2) is 18.1 Å². The minimum absolute atomic E-state index is 0.109. The number of benzene rings is 2. The van der Waals surface area contributed by atoms with E-state index < -0.39 is 5.91 Å². The Labute approximate surface area is 120 Å². The molecule has 104 valence electrons. The number of hydrogen-bond acceptors (Lipinski definition) is 4. The van der Waals surface area contributed by atoms with Crippen LogP contribution in [0.15, 0.2) is 36.4 Å². The van der Waals surface area contributed by atoms with Gasteiger partial charge in [0, 0.05) is 5.69 Å². The summed E-state index contributed by atoms with van der Waals surface area (Å²) in [6, 6.07) is 9.41. The molecule has 0 aliphatic rings. The van der Waals surface area contributed by atoms with Crippen molar-refractivity contribution in [2.45, 2.75) is 0 Å². The van der Waals surface area contributed by atoms with Crippen LogP contribution < -0.4 is 15.8 Å². The lowest BCUT2D eigenvalue weighted by Gasteiger charge is -2.10. The first-order valence-electron chi connectivity index (χ1n) is 5.75. The number of nitrogens with two attached hydrogens (primary N) is 1. The first-order chi connectivity index (χ1) is 9.52. The summed E-state index contributed by atoms with van der Waals surface area (Å²) in [5, 5.41) is 12.9. The van der Waals surface area contributed by atoms with Crippen LogP contribution in [0.2, 0.25) is 5.02 Å². The van der Waals surface area contributed by atoms with Crippen LogP contribution in [0.25, 0.3) is 0 Å². The molecule has 2 aromatic rings. The first kappa shape index (κ1) is 14.0. The van der Waals surface area contributed by atoms with Crippen molar-refractivity contribution in [2.24, 2.45) is 0 Å². The number of phenols is 1. The van der Waals surface area contributed by atoms with E-state index >= 15 is 0 Å². The average Bonchev–Trinajstić information content (AvgIpc) is 2.43. The van der Waals surface area contributed by atoms with Gasteiger partial charge in [-0.2, -0.15) is 0 Å². The van der Waals surface area contributed by atoms with Gasteiger partial charge in [0.1, 0.15) is 0 Å². The molecule has 0 spiro atoms. The second kappa shape index (κ2) is 5.71. The lowest BCUT2D eigenvalue weighted by molar-refractivity contribution is 0.102. The Balaban J connectivity index is 2.26. The van der Waals surface area contributed by atoms with E-state index in [0.29, 0.717) is 16.4 Å². The lowest BCUT2D eigenvalue weighted by Crippen LogP contribution is -2.12. The van der Waals surface area contributed by atoms with E-state index in [2.05, 4.69) is 5.32 Å². The Morgan fingerprint density at radius 1 is 1.35 bits per heavy atom. The van der Waals surface area contributed by atoms with Gasteiger partial charge in [-0.25, -0.2) is 0 Å². The van der Waals surface area contributed by atoms with Crippen molar-refractivity contribution in [1.29, 1.82) is 0 Å². The molecule has 0 radical (unpaired) electrons. The number of rotatable bonds is 3. The van der Waals surface area contributed by atoms with Crippen LogP contribution in [0.5, 0.6) is 11.5 Å². The number of nitrogen functional groups attached to an aromatic ring is 1. The Morgan fingerprint density at radius 2 is 2.10 bits per heavy atom. The number of hydrogen-bond donors (Lipinski definition) is 3. The molecule has 2 aromatic carbocycles. The van der Waals surface area contributed by atoms with E-state index in [9.17, 15) is 9.90 Å². The number of carbonyl (C=O) groups is 1. The Hall–Kier alpha value is -2.40. The van der Waals surface area contributed by atoms with Crippen LogP contribution in [0.4, 0.5) is 11.4 Å². The lowest BCUT2D eigenvalue weighted by atomic mass is 10.1. The van der Waals surface area contributed by atoms with Gasteiger partial charge < -0.3 is 20.9 Å². The maximum Gasteiger partial charge on any atom is 0.259 e. The minimum atomic E-state index is -0.470. The van der Waals surface area contributed by atoms with Gasteiger partial charge in [-0.1, -0.05) is 17.7 Å². The molecule has 0 aliphatic heterocycles. The van der Waals surface area contributed by atoms with E-state index in [1.165, 1.54) is 19.2 Å². The van der Waals surface area contributed by atoms with Gasteiger partial charge >= 0.3 is 0 Å². The number of ether oxygens (including phenoxy) is 1. The van der Waals surface area contributed by atoms with Crippen molar-refractivity contribution in [2.75, 3.05) is 18.2 Å². The molecule has 0 saturated carbocycles. The second-order valence-corrected chi connectivity index (χ2v) is 4.45. The molecule has 0 saturated heterocycles.